The van der Waals surface area contributed by atoms with Gasteiger partial charge in [-0.1, -0.05) is 6.58 Å². The Morgan fingerprint density at radius 1 is 1.30 bits per heavy atom. The molecule has 1 saturated carbocycles. The van der Waals surface area contributed by atoms with Crippen LogP contribution in [0.2, 0.25) is 0 Å². The van der Waals surface area contributed by atoms with Gasteiger partial charge in [-0.05, 0) is 49.9 Å². The minimum atomic E-state index is 0.390. The number of morpholine rings is 1. The first-order valence-corrected chi connectivity index (χ1v) is 10.6. The summed E-state index contributed by atoms with van der Waals surface area (Å²) in [5.74, 6) is 2.01. The van der Waals surface area contributed by atoms with Gasteiger partial charge in [0.2, 0.25) is 5.95 Å². The number of nitrogens with one attached hydrogen (secondary N) is 1. The fourth-order valence-electron chi connectivity index (χ4n) is 3.63. The molecule has 156 valence electrons. The number of rotatable bonds is 8. The fraction of sp³-hybridized carbons (Fsp3) is 0.435. The molecule has 2 aliphatic rings. The highest BCUT2D eigenvalue weighted by Gasteiger charge is 2.26. The van der Waals surface area contributed by atoms with Gasteiger partial charge in [-0.2, -0.15) is 10.2 Å². The van der Waals surface area contributed by atoms with Gasteiger partial charge in [-0.25, -0.2) is 4.98 Å². The summed E-state index contributed by atoms with van der Waals surface area (Å²) in [7, 11) is 0. The van der Waals surface area contributed by atoms with Crippen molar-refractivity contribution in [3.05, 3.63) is 42.6 Å². The van der Waals surface area contributed by atoms with Gasteiger partial charge in [0.1, 0.15) is 5.82 Å². The molecule has 0 unspecified atom stereocenters. The van der Waals surface area contributed by atoms with E-state index in [1.807, 2.05) is 12.1 Å². The molecule has 0 amide bonds. The van der Waals surface area contributed by atoms with E-state index in [1.54, 1.807) is 6.20 Å². The van der Waals surface area contributed by atoms with Gasteiger partial charge >= 0.3 is 0 Å². The smallest absolute Gasteiger partial charge is 0.229 e. The first kappa shape index (κ1) is 20.2. The van der Waals surface area contributed by atoms with Gasteiger partial charge in [0.05, 0.1) is 30.4 Å². The summed E-state index contributed by atoms with van der Waals surface area (Å²) >= 11 is 0. The van der Waals surface area contributed by atoms with Crippen molar-refractivity contribution >= 4 is 28.7 Å². The Kier molecular flexibility index (Phi) is 6.15. The summed E-state index contributed by atoms with van der Waals surface area (Å²) in [4.78, 5) is 13.8. The fourth-order valence-corrected chi connectivity index (χ4v) is 3.63. The second-order valence-corrected chi connectivity index (χ2v) is 7.77. The van der Waals surface area contributed by atoms with Crippen molar-refractivity contribution in [3.63, 3.8) is 0 Å². The Bertz CT molecular complexity index is 926. The first-order valence-electron chi connectivity index (χ1n) is 10.6. The van der Waals surface area contributed by atoms with Crippen molar-refractivity contribution < 1.29 is 4.74 Å². The Hall–Kier alpha value is -3.11. The number of hydrogen-bond acceptors (Lipinski definition) is 7. The largest absolute Gasteiger partial charge is 0.378 e. The zero-order valence-corrected chi connectivity index (χ0v) is 17.5. The lowest BCUT2D eigenvalue weighted by Crippen LogP contribution is -2.36. The third-order valence-corrected chi connectivity index (χ3v) is 5.59. The van der Waals surface area contributed by atoms with Crippen LogP contribution in [-0.2, 0) is 4.74 Å². The number of nitriles is 1. The maximum atomic E-state index is 9.35. The number of hydrogen-bond donors (Lipinski definition) is 1. The number of benzene rings is 1. The molecule has 7 heteroatoms. The standard InChI is InChI=1S/C23H28N6O/c1-3-28(16-18-4-5-18)22-21(17(2)14-24)15-25-23(27-22)26-19-6-8-20(9-7-19)29-10-12-30-13-11-29/h6-9,15,18H,2-5,10-13,16H2,1H3,(H,25,26,27). The van der Waals surface area contributed by atoms with Crippen molar-refractivity contribution in [3.8, 4) is 6.07 Å². The Labute approximate surface area is 178 Å². The molecule has 7 nitrogen and oxygen atoms in total. The topological polar surface area (TPSA) is 77.3 Å². The number of aromatic nitrogens is 2. The summed E-state index contributed by atoms with van der Waals surface area (Å²) in [6, 6.07) is 10.4. The molecule has 2 aromatic rings. The van der Waals surface area contributed by atoms with Gasteiger partial charge in [0, 0.05) is 43.8 Å². The van der Waals surface area contributed by atoms with Crippen molar-refractivity contribution in [2.45, 2.75) is 19.8 Å². The number of anilines is 4. The third-order valence-electron chi connectivity index (χ3n) is 5.59. The van der Waals surface area contributed by atoms with Crippen LogP contribution in [0.3, 0.4) is 0 Å². The zero-order chi connectivity index (χ0) is 20.9. The van der Waals surface area contributed by atoms with Crippen LogP contribution in [-0.4, -0.2) is 49.4 Å². The molecule has 2 fully saturated rings. The zero-order valence-electron chi connectivity index (χ0n) is 17.5. The van der Waals surface area contributed by atoms with Crippen LogP contribution in [0.1, 0.15) is 25.3 Å². The number of ether oxygens (including phenoxy) is 1. The van der Waals surface area contributed by atoms with E-state index in [-0.39, 0.29) is 0 Å². The van der Waals surface area contributed by atoms with Gasteiger partial charge in [-0.15, -0.1) is 0 Å². The van der Waals surface area contributed by atoms with Crippen molar-refractivity contribution in [1.29, 1.82) is 5.26 Å². The van der Waals surface area contributed by atoms with Crippen LogP contribution in [0.5, 0.6) is 0 Å². The minimum absolute atomic E-state index is 0.390. The van der Waals surface area contributed by atoms with Gasteiger partial charge in [0.25, 0.3) is 0 Å². The molecule has 30 heavy (non-hydrogen) atoms. The van der Waals surface area contributed by atoms with E-state index >= 15 is 0 Å². The SMILES string of the molecule is C=C(C#N)c1cnc(Nc2ccc(N3CCOCC3)cc2)nc1N(CC)CC1CC1. The highest BCUT2D eigenvalue weighted by molar-refractivity contribution is 5.81. The maximum Gasteiger partial charge on any atom is 0.229 e. The molecular weight excluding hydrogens is 376 g/mol. The number of allylic oxidation sites excluding steroid dienone is 1. The second kappa shape index (κ2) is 9.14. The summed E-state index contributed by atoms with van der Waals surface area (Å²) in [6.45, 7) is 11.1. The molecule has 1 aromatic heterocycles. The molecule has 0 bridgehead atoms. The molecule has 0 spiro atoms. The van der Waals surface area contributed by atoms with Crippen molar-refractivity contribution in [1.82, 2.24) is 9.97 Å². The second-order valence-electron chi connectivity index (χ2n) is 7.77. The molecule has 1 aliphatic carbocycles. The lowest BCUT2D eigenvalue weighted by molar-refractivity contribution is 0.122. The quantitative estimate of drug-likeness (QED) is 0.670. The van der Waals surface area contributed by atoms with Crippen LogP contribution in [0.25, 0.3) is 5.57 Å². The normalized spacial score (nSPS) is 16.1. The van der Waals surface area contributed by atoms with Crippen LogP contribution in [0.15, 0.2) is 37.0 Å². The van der Waals surface area contributed by atoms with Crippen LogP contribution >= 0.6 is 0 Å². The first-order chi connectivity index (χ1) is 14.7. The van der Waals surface area contributed by atoms with E-state index in [9.17, 15) is 5.26 Å². The van der Waals surface area contributed by atoms with E-state index in [4.69, 9.17) is 9.72 Å². The molecule has 1 saturated heterocycles. The molecule has 0 radical (unpaired) electrons. The molecule has 1 N–H and O–H groups in total. The van der Waals surface area contributed by atoms with Gasteiger partial charge in [0.15, 0.2) is 0 Å². The Balaban J connectivity index is 1.54. The van der Waals surface area contributed by atoms with Crippen LogP contribution in [0.4, 0.5) is 23.1 Å². The lowest BCUT2D eigenvalue weighted by atomic mass is 10.1. The minimum Gasteiger partial charge on any atom is -0.378 e. The highest BCUT2D eigenvalue weighted by Crippen LogP contribution is 2.33. The lowest BCUT2D eigenvalue weighted by Gasteiger charge is -2.29. The van der Waals surface area contributed by atoms with E-state index < -0.39 is 0 Å². The maximum absolute atomic E-state index is 9.35. The van der Waals surface area contributed by atoms with Gasteiger partial charge in [-0.3, -0.25) is 0 Å². The van der Waals surface area contributed by atoms with E-state index in [1.165, 1.54) is 18.5 Å². The van der Waals surface area contributed by atoms with Gasteiger partial charge < -0.3 is 19.9 Å². The number of nitrogens with zero attached hydrogens (tertiary/aromatic N) is 5. The molecular formula is C23H28N6O. The third kappa shape index (κ3) is 4.71. The predicted octanol–water partition coefficient (Wildman–Crippen LogP) is 3.83. The molecule has 0 atom stereocenters. The molecule has 2 heterocycles. The summed E-state index contributed by atoms with van der Waals surface area (Å²) in [5, 5.41) is 12.7. The Morgan fingerprint density at radius 3 is 2.67 bits per heavy atom. The average Bonchev–Trinajstić information content (AvgIpc) is 3.62. The highest BCUT2D eigenvalue weighted by atomic mass is 16.5. The van der Waals surface area contributed by atoms with Crippen LogP contribution < -0.4 is 15.1 Å². The van der Waals surface area contributed by atoms with E-state index in [0.717, 1.165) is 50.9 Å². The molecule has 1 aromatic carbocycles. The Morgan fingerprint density at radius 2 is 2.03 bits per heavy atom. The van der Waals surface area contributed by atoms with Crippen molar-refractivity contribution in [2.24, 2.45) is 5.92 Å². The van der Waals surface area contributed by atoms with Crippen molar-refractivity contribution in [2.75, 3.05) is 54.5 Å². The van der Waals surface area contributed by atoms with Crippen LogP contribution in [0, 0.1) is 17.2 Å². The summed E-state index contributed by atoms with van der Waals surface area (Å²) < 4.78 is 5.43. The molecule has 1 aliphatic heterocycles. The molecule has 4 rings (SSSR count). The summed E-state index contributed by atoms with van der Waals surface area (Å²) in [6.07, 6.45) is 4.22. The van der Waals surface area contributed by atoms with E-state index in [0.29, 0.717) is 23.0 Å². The predicted molar refractivity (Wildman–Crippen MR) is 120 cm³/mol. The van der Waals surface area contributed by atoms with E-state index in [2.05, 4.69) is 51.8 Å². The summed E-state index contributed by atoms with van der Waals surface area (Å²) in [5.41, 5.74) is 3.21. The monoisotopic (exact) mass is 404 g/mol. The average molecular weight is 405 g/mol.